The van der Waals surface area contributed by atoms with Crippen LogP contribution in [0, 0.1) is 0 Å². The molecule has 0 aromatic heterocycles. The van der Waals surface area contributed by atoms with Crippen molar-refractivity contribution in [1.29, 1.82) is 0 Å². The van der Waals surface area contributed by atoms with Crippen molar-refractivity contribution in [3.8, 4) is 0 Å². The first-order chi connectivity index (χ1) is 9.19. The minimum Gasteiger partial charge on any atom is -0.319 e. The minimum atomic E-state index is 0.612. The number of nitrogens with one attached hydrogen (secondary N) is 1. The Bertz CT molecular complexity index is 348. The predicted octanol–water partition coefficient (Wildman–Crippen LogP) is 3.28. The molecule has 1 N–H and O–H groups in total. The van der Waals surface area contributed by atoms with Gasteiger partial charge in [-0.25, -0.2) is 0 Å². The first-order valence-corrected chi connectivity index (χ1v) is 7.21. The van der Waals surface area contributed by atoms with E-state index in [1.54, 1.807) is 0 Å². The molecule has 2 rings (SSSR count). The fourth-order valence-corrected chi connectivity index (χ4v) is 2.44. The number of likely N-dealkylation sites (tertiary alicyclic amines) is 1. The fourth-order valence-electron chi connectivity index (χ4n) is 2.44. The summed E-state index contributed by atoms with van der Waals surface area (Å²) < 4.78 is 0. The maximum absolute atomic E-state index is 3.75. The van der Waals surface area contributed by atoms with E-state index in [1.165, 1.54) is 24.9 Å². The van der Waals surface area contributed by atoms with Crippen molar-refractivity contribution < 1.29 is 0 Å². The summed E-state index contributed by atoms with van der Waals surface area (Å²) in [5.41, 5.74) is 1.40. The molecule has 2 heteroatoms. The highest BCUT2D eigenvalue weighted by Gasteiger charge is 2.16. The van der Waals surface area contributed by atoms with Crippen LogP contribution in [0.3, 0.4) is 0 Å². The van der Waals surface area contributed by atoms with Crippen LogP contribution in [0.1, 0.15) is 31.2 Å². The Kier molecular flexibility index (Phi) is 7.46. The Morgan fingerprint density at radius 2 is 2.11 bits per heavy atom. The van der Waals surface area contributed by atoms with Gasteiger partial charge in [0.2, 0.25) is 0 Å². The second-order valence-electron chi connectivity index (χ2n) is 5.30. The molecule has 1 aromatic rings. The zero-order valence-electron chi connectivity index (χ0n) is 12.6. The second kappa shape index (κ2) is 8.89. The highest BCUT2D eigenvalue weighted by molar-refractivity contribution is 5.18. The third kappa shape index (κ3) is 5.58. The van der Waals surface area contributed by atoms with Crippen LogP contribution in [0.5, 0.6) is 0 Å². The summed E-state index contributed by atoms with van der Waals surface area (Å²) in [5, 5.41) is 3.17. The highest BCUT2D eigenvalue weighted by Crippen LogP contribution is 2.14. The number of hydrogen-bond acceptors (Lipinski definition) is 2. The maximum Gasteiger partial charge on any atom is 0.0273 e. The van der Waals surface area contributed by atoms with Crippen molar-refractivity contribution in [2.75, 3.05) is 27.2 Å². The molecule has 1 saturated heterocycles. The third-order valence-corrected chi connectivity index (χ3v) is 3.73. The van der Waals surface area contributed by atoms with Gasteiger partial charge in [-0.1, -0.05) is 43.3 Å². The molecule has 2 nitrogen and oxygen atoms in total. The molecule has 0 saturated carbocycles. The largest absolute Gasteiger partial charge is 0.319 e. The van der Waals surface area contributed by atoms with Gasteiger partial charge in [0, 0.05) is 12.6 Å². The van der Waals surface area contributed by atoms with E-state index in [-0.39, 0.29) is 0 Å². The van der Waals surface area contributed by atoms with Gasteiger partial charge in [0.05, 0.1) is 0 Å². The number of nitrogens with zero attached hydrogens (tertiary/aromatic N) is 1. The molecule has 0 radical (unpaired) electrons. The lowest BCUT2D eigenvalue weighted by atomic mass is 10.0. The van der Waals surface area contributed by atoms with Crippen molar-refractivity contribution in [3.63, 3.8) is 0 Å². The van der Waals surface area contributed by atoms with Gasteiger partial charge in [-0.15, -0.1) is 6.58 Å². The van der Waals surface area contributed by atoms with Gasteiger partial charge >= 0.3 is 0 Å². The second-order valence-corrected chi connectivity index (χ2v) is 5.30. The van der Waals surface area contributed by atoms with Crippen molar-refractivity contribution in [2.24, 2.45) is 0 Å². The molecule has 19 heavy (non-hydrogen) atoms. The van der Waals surface area contributed by atoms with Crippen molar-refractivity contribution >= 4 is 0 Å². The molecule has 0 bridgehead atoms. The third-order valence-electron chi connectivity index (χ3n) is 3.73. The number of hydrogen-bond donors (Lipinski definition) is 1. The van der Waals surface area contributed by atoms with E-state index in [9.17, 15) is 0 Å². The maximum atomic E-state index is 3.75. The average Bonchev–Trinajstić information content (AvgIpc) is 2.86. The van der Waals surface area contributed by atoms with Crippen LogP contribution in [-0.2, 0) is 0 Å². The summed E-state index contributed by atoms with van der Waals surface area (Å²) in [6, 6.07) is 11.2. The first-order valence-electron chi connectivity index (χ1n) is 7.21. The monoisotopic (exact) mass is 260 g/mol. The smallest absolute Gasteiger partial charge is 0.0273 e. The van der Waals surface area contributed by atoms with Gasteiger partial charge in [0.1, 0.15) is 0 Å². The van der Waals surface area contributed by atoms with Gasteiger partial charge in [0.15, 0.2) is 0 Å². The molecule has 1 aliphatic heterocycles. The number of likely N-dealkylation sites (N-methyl/N-ethyl adjacent to an activating group) is 2. The molecular formula is C17H28N2. The lowest BCUT2D eigenvalue weighted by Crippen LogP contribution is -2.21. The van der Waals surface area contributed by atoms with E-state index >= 15 is 0 Å². The Labute approximate surface area is 118 Å². The van der Waals surface area contributed by atoms with Crippen LogP contribution in [0.4, 0.5) is 0 Å². The molecular weight excluding hydrogens is 232 g/mol. The summed E-state index contributed by atoms with van der Waals surface area (Å²) in [6.07, 6.45) is 4.68. The quantitative estimate of drug-likeness (QED) is 0.836. The van der Waals surface area contributed by atoms with Crippen LogP contribution in [-0.4, -0.2) is 38.1 Å². The Morgan fingerprint density at radius 1 is 1.42 bits per heavy atom. The van der Waals surface area contributed by atoms with Crippen LogP contribution in [0.15, 0.2) is 43.0 Å². The Morgan fingerprint density at radius 3 is 2.53 bits per heavy atom. The summed E-state index contributed by atoms with van der Waals surface area (Å²) in [4.78, 5) is 2.34. The van der Waals surface area contributed by atoms with Gasteiger partial charge < -0.3 is 5.32 Å². The predicted molar refractivity (Wildman–Crippen MR) is 84.6 cm³/mol. The van der Waals surface area contributed by atoms with Gasteiger partial charge in [-0.3, -0.25) is 4.90 Å². The van der Waals surface area contributed by atoms with E-state index < -0.39 is 0 Å². The minimum absolute atomic E-state index is 0.612. The van der Waals surface area contributed by atoms with Gasteiger partial charge in [-0.05, 0) is 45.0 Å². The normalized spacial score (nSPS) is 20.5. The molecule has 106 valence electrons. The SMILES string of the molecule is C=CC1CCCN1C.CNCC(C)c1ccccc1. The Balaban J connectivity index is 0.000000200. The molecule has 1 fully saturated rings. The van der Waals surface area contributed by atoms with E-state index in [0.29, 0.717) is 12.0 Å². The molecule has 0 spiro atoms. The molecule has 0 aliphatic carbocycles. The molecule has 1 heterocycles. The molecule has 1 aliphatic rings. The van der Waals surface area contributed by atoms with Crippen LogP contribution in [0.25, 0.3) is 0 Å². The average molecular weight is 260 g/mol. The molecule has 2 atom stereocenters. The van der Waals surface area contributed by atoms with Crippen molar-refractivity contribution in [3.05, 3.63) is 48.6 Å². The summed E-state index contributed by atoms with van der Waals surface area (Å²) >= 11 is 0. The van der Waals surface area contributed by atoms with Crippen molar-refractivity contribution in [1.82, 2.24) is 10.2 Å². The molecule has 0 amide bonds. The number of benzene rings is 1. The standard InChI is InChI=1S/C10H15N.C7H13N/c1-9(8-11-2)10-6-4-3-5-7-10;1-3-7-5-4-6-8(7)2/h3-7,9,11H,8H2,1-2H3;3,7H,1,4-6H2,2H3. The van der Waals surface area contributed by atoms with Gasteiger partial charge in [-0.2, -0.15) is 0 Å². The lowest BCUT2D eigenvalue weighted by Gasteiger charge is -2.13. The first kappa shape index (κ1) is 15.9. The summed E-state index contributed by atoms with van der Waals surface area (Å²) in [7, 11) is 4.14. The fraction of sp³-hybridized carbons (Fsp3) is 0.529. The molecule has 1 aromatic carbocycles. The molecule has 2 unspecified atom stereocenters. The van der Waals surface area contributed by atoms with Crippen LogP contribution in [0.2, 0.25) is 0 Å². The highest BCUT2D eigenvalue weighted by atomic mass is 15.1. The van der Waals surface area contributed by atoms with Crippen LogP contribution >= 0.6 is 0 Å². The van der Waals surface area contributed by atoms with E-state index in [4.69, 9.17) is 0 Å². The van der Waals surface area contributed by atoms with Gasteiger partial charge in [0.25, 0.3) is 0 Å². The Hall–Kier alpha value is -1.12. The van der Waals surface area contributed by atoms with Crippen molar-refractivity contribution in [2.45, 2.75) is 31.7 Å². The zero-order valence-corrected chi connectivity index (χ0v) is 12.6. The summed E-state index contributed by atoms with van der Waals surface area (Å²) in [5.74, 6) is 0.612. The van der Waals surface area contributed by atoms with Crippen LogP contribution < -0.4 is 5.32 Å². The van der Waals surface area contributed by atoms with E-state index in [0.717, 1.165) is 6.54 Å². The topological polar surface area (TPSA) is 15.3 Å². The van der Waals surface area contributed by atoms with E-state index in [1.807, 2.05) is 13.1 Å². The number of rotatable bonds is 4. The zero-order chi connectivity index (χ0) is 14.1. The lowest BCUT2D eigenvalue weighted by molar-refractivity contribution is 0.357. The van der Waals surface area contributed by atoms with E-state index in [2.05, 4.69) is 61.1 Å². The summed E-state index contributed by atoms with van der Waals surface area (Å²) in [6.45, 7) is 8.27.